The van der Waals surface area contributed by atoms with Gasteiger partial charge < -0.3 is 10.4 Å². The Bertz CT molecular complexity index is 794. The van der Waals surface area contributed by atoms with Gasteiger partial charge in [0.1, 0.15) is 0 Å². The maximum atomic E-state index is 12.3. The SMILES string of the molecule is O=C(O)C[C@H](NC(=O)c1cccc([N+](=O)[O-])c1)c1cccc(Cl)c1. The number of nitro groups is 1. The lowest BCUT2D eigenvalue weighted by molar-refractivity contribution is -0.384. The van der Waals surface area contributed by atoms with E-state index in [1.807, 2.05) is 0 Å². The van der Waals surface area contributed by atoms with Crippen molar-refractivity contribution in [2.45, 2.75) is 12.5 Å². The number of non-ortho nitro benzene ring substituents is 1. The van der Waals surface area contributed by atoms with E-state index in [1.54, 1.807) is 24.3 Å². The Morgan fingerprint density at radius 1 is 1.21 bits per heavy atom. The number of carbonyl (C=O) groups is 2. The van der Waals surface area contributed by atoms with Crippen LogP contribution in [0, 0.1) is 10.1 Å². The Labute approximate surface area is 142 Å². The molecule has 0 saturated carbocycles. The Balaban J connectivity index is 2.26. The van der Waals surface area contributed by atoms with Crippen LogP contribution in [0.1, 0.15) is 28.4 Å². The van der Waals surface area contributed by atoms with Crippen LogP contribution in [0.3, 0.4) is 0 Å². The van der Waals surface area contributed by atoms with Crippen LogP contribution in [0.5, 0.6) is 0 Å². The molecule has 2 aromatic rings. The lowest BCUT2D eigenvalue weighted by atomic mass is 10.0. The largest absolute Gasteiger partial charge is 0.481 e. The predicted octanol–water partition coefficient (Wildman–Crippen LogP) is 3.19. The minimum atomic E-state index is -1.10. The lowest BCUT2D eigenvalue weighted by Crippen LogP contribution is -2.30. The summed E-state index contributed by atoms with van der Waals surface area (Å²) in [6.45, 7) is 0. The van der Waals surface area contributed by atoms with Crippen molar-refractivity contribution in [3.05, 3.63) is 74.8 Å². The van der Waals surface area contributed by atoms with Crippen molar-refractivity contribution in [2.24, 2.45) is 0 Å². The van der Waals surface area contributed by atoms with Crippen LogP contribution in [0.25, 0.3) is 0 Å². The average Bonchev–Trinajstić information content (AvgIpc) is 2.54. The molecular weight excluding hydrogens is 336 g/mol. The number of carboxylic acid groups (broad SMARTS) is 1. The molecule has 0 radical (unpaired) electrons. The standard InChI is InChI=1S/C16H13ClN2O5/c17-12-5-1-3-10(7-12)14(9-15(20)21)18-16(22)11-4-2-6-13(8-11)19(23)24/h1-8,14H,9H2,(H,18,22)(H,20,21)/t14-/m0/s1. The van der Waals surface area contributed by atoms with E-state index in [-0.39, 0.29) is 17.7 Å². The third kappa shape index (κ3) is 4.53. The molecule has 1 atom stereocenters. The zero-order chi connectivity index (χ0) is 17.7. The number of aliphatic carboxylic acids is 1. The van der Waals surface area contributed by atoms with Gasteiger partial charge in [0.2, 0.25) is 0 Å². The molecule has 0 fully saturated rings. The van der Waals surface area contributed by atoms with Gasteiger partial charge in [-0.3, -0.25) is 19.7 Å². The fourth-order valence-electron chi connectivity index (χ4n) is 2.15. The first-order chi connectivity index (χ1) is 11.4. The predicted molar refractivity (Wildman–Crippen MR) is 87.0 cm³/mol. The number of carbonyl (C=O) groups excluding carboxylic acids is 1. The average molecular weight is 349 g/mol. The molecule has 2 N–H and O–H groups in total. The van der Waals surface area contributed by atoms with Crippen LogP contribution in [0.15, 0.2) is 48.5 Å². The van der Waals surface area contributed by atoms with Crippen LogP contribution in [-0.4, -0.2) is 21.9 Å². The molecule has 24 heavy (non-hydrogen) atoms. The van der Waals surface area contributed by atoms with Crippen LogP contribution in [0.2, 0.25) is 5.02 Å². The molecule has 0 aromatic heterocycles. The summed E-state index contributed by atoms with van der Waals surface area (Å²) in [5.74, 6) is -1.70. The number of nitrogens with zero attached hydrogens (tertiary/aromatic N) is 1. The van der Waals surface area contributed by atoms with E-state index in [4.69, 9.17) is 16.7 Å². The first-order valence-corrected chi connectivity index (χ1v) is 7.27. The molecule has 0 unspecified atom stereocenters. The van der Waals surface area contributed by atoms with Crippen LogP contribution in [-0.2, 0) is 4.79 Å². The van der Waals surface area contributed by atoms with Crippen molar-refractivity contribution in [1.82, 2.24) is 5.32 Å². The summed E-state index contributed by atoms with van der Waals surface area (Å²) in [7, 11) is 0. The number of carboxylic acids is 1. The minimum absolute atomic E-state index is 0.0709. The summed E-state index contributed by atoms with van der Waals surface area (Å²) in [4.78, 5) is 33.5. The van der Waals surface area contributed by atoms with E-state index in [1.165, 1.54) is 18.2 Å². The Morgan fingerprint density at radius 2 is 1.92 bits per heavy atom. The van der Waals surface area contributed by atoms with Crippen LogP contribution < -0.4 is 5.32 Å². The fourth-order valence-corrected chi connectivity index (χ4v) is 2.35. The quantitative estimate of drug-likeness (QED) is 0.615. The number of nitro benzene ring substituents is 1. The molecule has 124 valence electrons. The molecule has 7 nitrogen and oxygen atoms in total. The van der Waals surface area contributed by atoms with E-state index in [0.29, 0.717) is 10.6 Å². The summed E-state index contributed by atoms with van der Waals surface area (Å²) >= 11 is 5.90. The van der Waals surface area contributed by atoms with E-state index in [2.05, 4.69) is 5.32 Å². The summed E-state index contributed by atoms with van der Waals surface area (Å²) < 4.78 is 0. The minimum Gasteiger partial charge on any atom is -0.481 e. The Kier molecular flexibility index (Phi) is 5.49. The van der Waals surface area contributed by atoms with Gasteiger partial charge in [-0.2, -0.15) is 0 Å². The van der Waals surface area contributed by atoms with E-state index in [9.17, 15) is 19.7 Å². The first kappa shape index (κ1) is 17.4. The molecule has 1 amide bonds. The van der Waals surface area contributed by atoms with Gasteiger partial charge in [0.25, 0.3) is 11.6 Å². The van der Waals surface area contributed by atoms with Crippen LogP contribution in [0.4, 0.5) is 5.69 Å². The van der Waals surface area contributed by atoms with Crippen molar-refractivity contribution in [3.63, 3.8) is 0 Å². The van der Waals surface area contributed by atoms with Crippen molar-refractivity contribution in [3.8, 4) is 0 Å². The maximum Gasteiger partial charge on any atom is 0.305 e. The number of nitrogens with one attached hydrogen (secondary N) is 1. The van der Waals surface area contributed by atoms with E-state index in [0.717, 1.165) is 6.07 Å². The topological polar surface area (TPSA) is 110 Å². The smallest absolute Gasteiger partial charge is 0.305 e. The fraction of sp³-hybridized carbons (Fsp3) is 0.125. The number of benzene rings is 2. The Morgan fingerprint density at radius 3 is 2.54 bits per heavy atom. The monoisotopic (exact) mass is 348 g/mol. The lowest BCUT2D eigenvalue weighted by Gasteiger charge is -2.17. The zero-order valence-corrected chi connectivity index (χ0v) is 13.1. The molecule has 0 aliphatic carbocycles. The van der Waals surface area contributed by atoms with E-state index >= 15 is 0 Å². The molecule has 2 aromatic carbocycles. The molecule has 0 spiro atoms. The van der Waals surface area contributed by atoms with Gasteiger partial charge in [0, 0.05) is 22.7 Å². The number of rotatable bonds is 6. The van der Waals surface area contributed by atoms with E-state index < -0.39 is 22.8 Å². The summed E-state index contributed by atoms with van der Waals surface area (Å²) in [6, 6.07) is 10.9. The van der Waals surface area contributed by atoms with Gasteiger partial charge in [0.15, 0.2) is 0 Å². The second-order valence-electron chi connectivity index (χ2n) is 4.99. The summed E-state index contributed by atoms with van der Waals surface area (Å²) in [5.41, 5.74) is 0.380. The molecular formula is C16H13ClN2O5. The van der Waals surface area contributed by atoms with Gasteiger partial charge in [-0.1, -0.05) is 29.8 Å². The second kappa shape index (κ2) is 7.56. The van der Waals surface area contributed by atoms with Crippen molar-refractivity contribution in [2.75, 3.05) is 0 Å². The summed E-state index contributed by atoms with van der Waals surface area (Å²) in [6.07, 6.45) is -0.346. The number of hydrogen-bond acceptors (Lipinski definition) is 4. The summed E-state index contributed by atoms with van der Waals surface area (Å²) in [5, 5.41) is 22.8. The normalized spacial score (nSPS) is 11.5. The van der Waals surface area contributed by atoms with Gasteiger partial charge in [-0.25, -0.2) is 0 Å². The number of amides is 1. The van der Waals surface area contributed by atoms with Crippen LogP contribution >= 0.6 is 11.6 Å². The Hall–Kier alpha value is -2.93. The maximum absolute atomic E-state index is 12.3. The van der Waals surface area contributed by atoms with Crippen molar-refractivity contribution >= 4 is 29.2 Å². The van der Waals surface area contributed by atoms with Crippen molar-refractivity contribution < 1.29 is 19.6 Å². The zero-order valence-electron chi connectivity index (χ0n) is 12.3. The second-order valence-corrected chi connectivity index (χ2v) is 5.42. The molecule has 0 saturated heterocycles. The van der Waals surface area contributed by atoms with Gasteiger partial charge in [-0.15, -0.1) is 0 Å². The van der Waals surface area contributed by atoms with Crippen molar-refractivity contribution in [1.29, 1.82) is 0 Å². The molecule has 2 rings (SSSR count). The van der Waals surface area contributed by atoms with Gasteiger partial charge in [-0.05, 0) is 23.8 Å². The molecule has 0 aliphatic heterocycles. The number of hydrogen-bond donors (Lipinski definition) is 2. The van der Waals surface area contributed by atoms with Gasteiger partial charge >= 0.3 is 5.97 Å². The highest BCUT2D eigenvalue weighted by Gasteiger charge is 2.20. The molecule has 8 heteroatoms. The highest BCUT2D eigenvalue weighted by atomic mass is 35.5. The molecule has 0 bridgehead atoms. The highest BCUT2D eigenvalue weighted by molar-refractivity contribution is 6.30. The van der Waals surface area contributed by atoms with Gasteiger partial charge in [0.05, 0.1) is 17.4 Å². The number of halogens is 1. The third-order valence-corrected chi connectivity index (χ3v) is 3.49. The highest BCUT2D eigenvalue weighted by Crippen LogP contribution is 2.22. The molecule has 0 heterocycles. The first-order valence-electron chi connectivity index (χ1n) is 6.89. The third-order valence-electron chi connectivity index (χ3n) is 3.25. The molecule has 0 aliphatic rings.